The minimum atomic E-state index is -4.53. The van der Waals surface area contributed by atoms with Crippen molar-refractivity contribution < 1.29 is 48.4 Å². The fourth-order valence-corrected chi connectivity index (χ4v) is 5.82. The molecule has 210 valence electrons. The second-order valence-electron chi connectivity index (χ2n) is 9.97. The number of rotatable bonds is 9. The highest BCUT2D eigenvalue weighted by atomic mass is 31.2. The second-order valence-corrected chi connectivity index (χ2v) is 11.2. The summed E-state index contributed by atoms with van der Waals surface area (Å²) < 4.78 is 33.6. The highest BCUT2D eigenvalue weighted by Crippen LogP contribution is 2.44. The number of likely N-dealkylation sites (N-methyl/N-ethyl adjacent to an activating group) is 2. The van der Waals surface area contributed by atoms with Crippen molar-refractivity contribution in [3.63, 3.8) is 0 Å². The van der Waals surface area contributed by atoms with Gasteiger partial charge in [0.2, 0.25) is 12.1 Å². The van der Waals surface area contributed by atoms with E-state index in [1.54, 1.807) is 26.2 Å². The molecule has 0 bridgehead atoms. The van der Waals surface area contributed by atoms with E-state index in [1.807, 2.05) is 19.1 Å². The zero-order valence-electron chi connectivity index (χ0n) is 21.1. The molecule has 2 heterocycles. The second kappa shape index (κ2) is 11.6. The SMILES string of the molecule is CN[C@@H]1[C@H](O)[C@H](NC)[C@H]2O[C@@]3(O)[C@H](CNCc4ccc(COP(=O)(O)O)cc4)C[C@@H](C)O[C@H]3O[C@@H]2[C@H]1O. The zero-order valence-corrected chi connectivity index (χ0v) is 22.0. The summed E-state index contributed by atoms with van der Waals surface area (Å²) in [6.45, 7) is 2.53. The van der Waals surface area contributed by atoms with Gasteiger partial charge in [0.05, 0.1) is 30.9 Å². The van der Waals surface area contributed by atoms with Gasteiger partial charge in [-0.15, -0.1) is 0 Å². The van der Waals surface area contributed by atoms with Crippen LogP contribution in [0.1, 0.15) is 24.5 Å². The summed E-state index contributed by atoms with van der Waals surface area (Å²) in [5, 5.41) is 42.6. The van der Waals surface area contributed by atoms with Gasteiger partial charge in [0.1, 0.15) is 18.3 Å². The molecule has 4 rings (SSSR count). The van der Waals surface area contributed by atoms with E-state index in [4.69, 9.17) is 24.0 Å². The third-order valence-corrected chi connectivity index (χ3v) is 7.89. The van der Waals surface area contributed by atoms with Crippen LogP contribution in [0.15, 0.2) is 24.3 Å². The van der Waals surface area contributed by atoms with E-state index in [0.717, 1.165) is 5.56 Å². The van der Waals surface area contributed by atoms with Crippen molar-refractivity contribution in [3.05, 3.63) is 35.4 Å². The van der Waals surface area contributed by atoms with Crippen LogP contribution in [0.4, 0.5) is 0 Å². The molecule has 14 heteroatoms. The first-order chi connectivity index (χ1) is 17.5. The lowest BCUT2D eigenvalue weighted by Crippen LogP contribution is -2.77. The summed E-state index contributed by atoms with van der Waals surface area (Å²) in [7, 11) is -1.21. The Kier molecular flexibility index (Phi) is 9.08. The van der Waals surface area contributed by atoms with Crippen LogP contribution in [0.5, 0.6) is 0 Å². The van der Waals surface area contributed by atoms with Crippen molar-refractivity contribution in [1.82, 2.24) is 16.0 Å². The molecule has 1 aromatic carbocycles. The molecule has 10 atom stereocenters. The molecule has 3 fully saturated rings. The number of aliphatic hydroxyl groups excluding tert-OH is 2. The number of hydrogen-bond donors (Lipinski definition) is 8. The lowest BCUT2D eigenvalue weighted by Gasteiger charge is -2.58. The van der Waals surface area contributed by atoms with Gasteiger partial charge < -0.3 is 55.3 Å². The minimum absolute atomic E-state index is 0.196. The molecule has 2 aliphatic heterocycles. The summed E-state index contributed by atoms with van der Waals surface area (Å²) >= 11 is 0. The van der Waals surface area contributed by atoms with Gasteiger partial charge in [0, 0.05) is 19.0 Å². The molecule has 13 nitrogen and oxygen atoms in total. The maximum absolute atomic E-state index is 11.7. The molecule has 3 aliphatic rings. The van der Waals surface area contributed by atoms with Crippen LogP contribution in [0.2, 0.25) is 0 Å². The van der Waals surface area contributed by atoms with Crippen molar-refractivity contribution in [3.8, 4) is 0 Å². The molecule has 1 aromatic rings. The van der Waals surface area contributed by atoms with Crippen LogP contribution in [0.3, 0.4) is 0 Å². The minimum Gasteiger partial charge on any atom is -0.390 e. The van der Waals surface area contributed by atoms with Crippen LogP contribution in [0.25, 0.3) is 0 Å². The number of benzene rings is 1. The van der Waals surface area contributed by atoms with E-state index >= 15 is 0 Å². The topological polar surface area (TPSA) is 191 Å². The summed E-state index contributed by atoms with van der Waals surface area (Å²) in [4.78, 5) is 17.7. The van der Waals surface area contributed by atoms with Crippen LogP contribution in [-0.4, -0.2) is 100 Å². The van der Waals surface area contributed by atoms with Gasteiger partial charge in [-0.3, -0.25) is 4.52 Å². The first kappa shape index (κ1) is 29.0. The van der Waals surface area contributed by atoms with E-state index in [2.05, 4.69) is 20.5 Å². The van der Waals surface area contributed by atoms with E-state index < -0.39 is 62.3 Å². The van der Waals surface area contributed by atoms with Crippen LogP contribution in [-0.2, 0) is 36.5 Å². The fourth-order valence-electron chi connectivity index (χ4n) is 5.50. The van der Waals surface area contributed by atoms with Gasteiger partial charge in [-0.1, -0.05) is 24.3 Å². The average molecular weight is 548 g/mol. The highest BCUT2D eigenvalue weighted by Gasteiger charge is 2.63. The fraction of sp³-hybridized carbons (Fsp3) is 0.739. The Morgan fingerprint density at radius 2 is 1.68 bits per heavy atom. The van der Waals surface area contributed by atoms with Crippen LogP contribution >= 0.6 is 7.82 Å². The summed E-state index contributed by atoms with van der Waals surface area (Å²) in [6, 6.07) is 5.84. The van der Waals surface area contributed by atoms with Gasteiger partial charge in [0.15, 0.2) is 0 Å². The predicted octanol–water partition coefficient (Wildman–Crippen LogP) is -1.48. The molecule has 0 spiro atoms. The van der Waals surface area contributed by atoms with Crippen molar-refractivity contribution in [2.75, 3.05) is 20.6 Å². The lowest BCUT2D eigenvalue weighted by molar-refractivity contribution is -0.457. The predicted molar refractivity (Wildman–Crippen MR) is 130 cm³/mol. The normalized spacial score (nSPS) is 40.2. The largest absolute Gasteiger partial charge is 0.469 e. The lowest BCUT2D eigenvalue weighted by atomic mass is 9.79. The maximum atomic E-state index is 11.7. The molecule has 37 heavy (non-hydrogen) atoms. The van der Waals surface area contributed by atoms with Crippen molar-refractivity contribution in [2.45, 2.75) is 81.2 Å². The Morgan fingerprint density at radius 3 is 2.30 bits per heavy atom. The number of fused-ring (bicyclic) bond motifs is 2. The molecule has 0 radical (unpaired) electrons. The van der Waals surface area contributed by atoms with Crippen molar-refractivity contribution in [1.29, 1.82) is 0 Å². The first-order valence-corrected chi connectivity index (χ1v) is 13.9. The smallest absolute Gasteiger partial charge is 0.390 e. The molecular formula is C23H38N3O10P. The Morgan fingerprint density at radius 1 is 1.03 bits per heavy atom. The van der Waals surface area contributed by atoms with Gasteiger partial charge >= 0.3 is 7.82 Å². The molecular weight excluding hydrogens is 509 g/mol. The summed E-state index contributed by atoms with van der Waals surface area (Å²) in [5.74, 6) is -2.21. The molecule has 2 saturated heterocycles. The van der Waals surface area contributed by atoms with Crippen molar-refractivity contribution in [2.24, 2.45) is 5.92 Å². The number of aliphatic hydroxyl groups is 3. The molecule has 1 saturated carbocycles. The van der Waals surface area contributed by atoms with Crippen LogP contribution in [0, 0.1) is 5.92 Å². The third kappa shape index (κ3) is 6.25. The van der Waals surface area contributed by atoms with E-state index in [-0.39, 0.29) is 12.7 Å². The Labute approximate surface area is 215 Å². The number of phosphoric ester groups is 1. The van der Waals surface area contributed by atoms with E-state index in [9.17, 15) is 19.9 Å². The van der Waals surface area contributed by atoms with Gasteiger partial charge in [-0.2, -0.15) is 0 Å². The third-order valence-electron chi connectivity index (χ3n) is 7.43. The number of phosphoric acid groups is 1. The summed E-state index contributed by atoms with van der Waals surface area (Å²) in [6.07, 6.45) is -4.54. The van der Waals surface area contributed by atoms with Crippen molar-refractivity contribution >= 4 is 7.82 Å². The standard InChI is InChI=1S/C23H38N3O10P/c1-12-8-15(10-26-9-13-4-6-14(7-5-13)11-33-37(30,31)32)23(29)22(34-12)35-21-19(28)16(24-2)18(27)17(25-3)20(21)36-23/h4-7,12,15-22,24-29H,8-11H2,1-3H3,(H2,30,31,32)/t12-,15+,16-,17+,18+,19+,20-,21-,22+,23+/m1/s1. The van der Waals surface area contributed by atoms with E-state index in [0.29, 0.717) is 25.1 Å². The molecule has 0 aromatic heterocycles. The molecule has 8 N–H and O–H groups in total. The summed E-state index contributed by atoms with van der Waals surface area (Å²) in [5.41, 5.74) is 1.55. The van der Waals surface area contributed by atoms with Gasteiger partial charge in [0.25, 0.3) is 0 Å². The Balaban J connectivity index is 1.41. The molecule has 0 amide bonds. The number of hydrogen-bond acceptors (Lipinski definition) is 11. The number of ether oxygens (including phenoxy) is 3. The quantitative estimate of drug-likeness (QED) is 0.167. The molecule has 1 aliphatic carbocycles. The van der Waals surface area contributed by atoms with Crippen LogP contribution < -0.4 is 16.0 Å². The highest BCUT2D eigenvalue weighted by molar-refractivity contribution is 7.46. The van der Waals surface area contributed by atoms with Gasteiger partial charge in [-0.25, -0.2) is 4.57 Å². The Bertz CT molecular complexity index is 951. The Hall–Kier alpha value is -1.03. The number of nitrogens with one attached hydrogen (secondary N) is 3. The maximum Gasteiger partial charge on any atom is 0.469 e. The van der Waals surface area contributed by atoms with E-state index in [1.165, 1.54) is 0 Å². The monoisotopic (exact) mass is 547 g/mol. The molecule has 0 unspecified atom stereocenters. The average Bonchev–Trinajstić information content (AvgIpc) is 2.83. The van der Waals surface area contributed by atoms with Gasteiger partial charge in [-0.05, 0) is 38.6 Å². The zero-order chi connectivity index (χ0) is 27.0. The first-order valence-electron chi connectivity index (χ1n) is 12.4.